The second-order valence-electron chi connectivity index (χ2n) is 8.67. The minimum absolute atomic E-state index is 0.395. The lowest BCUT2D eigenvalue weighted by Gasteiger charge is -2.45. The van der Waals surface area contributed by atoms with E-state index < -0.39 is 73.1 Å². The first-order chi connectivity index (χ1) is 15.6. The van der Waals surface area contributed by atoms with Crippen LogP contribution < -0.4 is 0 Å². The van der Waals surface area contributed by atoms with E-state index in [1.807, 2.05) is 0 Å². The number of carboxylic acid groups (broad SMARTS) is 1. The molecule has 192 valence electrons. The molecule has 0 unspecified atom stereocenters. The molecule has 0 amide bonds. The van der Waals surface area contributed by atoms with Crippen LogP contribution in [0.4, 0.5) is 0 Å². The minimum Gasteiger partial charge on any atom is -0.475 e. The third-order valence-corrected chi connectivity index (χ3v) is 5.98. The molecule has 0 spiro atoms. The number of ether oxygens (including phenoxy) is 4. The van der Waals surface area contributed by atoms with Crippen LogP contribution in [-0.2, 0) is 23.7 Å². The van der Waals surface area contributed by atoms with Crippen LogP contribution in [0.25, 0.3) is 0 Å². The highest BCUT2D eigenvalue weighted by molar-refractivity contribution is 5.84. The standard InChI is InChI=1S/C22H38O11/c1-4-5-6-7-8-9-10-13(20(28)29)32-22-19(17(26)15(24)12(3)31-22)33-21-18(27)16(25)14(23)11(2)30-21/h10-12,14-19,21-27H,4-9H2,1-3H3,(H,28,29)/t11-,12-,14+,15-,16-,17+,18-,19+,21+,22+/m0/s1. The Hall–Kier alpha value is -1.31. The van der Waals surface area contributed by atoms with Crippen molar-refractivity contribution in [3.05, 3.63) is 11.8 Å². The van der Waals surface area contributed by atoms with Gasteiger partial charge < -0.3 is 49.6 Å². The van der Waals surface area contributed by atoms with Crippen molar-refractivity contribution in [2.24, 2.45) is 0 Å². The van der Waals surface area contributed by atoms with E-state index in [1.54, 1.807) is 0 Å². The molecule has 0 saturated carbocycles. The van der Waals surface area contributed by atoms with Crippen molar-refractivity contribution >= 4 is 5.97 Å². The largest absolute Gasteiger partial charge is 0.475 e. The van der Waals surface area contributed by atoms with Gasteiger partial charge in [-0.15, -0.1) is 0 Å². The molecular formula is C22H38O11. The van der Waals surface area contributed by atoms with Crippen molar-refractivity contribution in [2.75, 3.05) is 0 Å². The van der Waals surface area contributed by atoms with Crippen molar-refractivity contribution in [1.82, 2.24) is 0 Å². The summed E-state index contributed by atoms with van der Waals surface area (Å²) < 4.78 is 22.1. The van der Waals surface area contributed by atoms with Gasteiger partial charge in [0.2, 0.25) is 12.0 Å². The predicted molar refractivity (Wildman–Crippen MR) is 114 cm³/mol. The number of hydrogen-bond acceptors (Lipinski definition) is 10. The van der Waals surface area contributed by atoms with Crippen molar-refractivity contribution in [3.8, 4) is 0 Å². The van der Waals surface area contributed by atoms with Crippen LogP contribution in [0, 0.1) is 0 Å². The smallest absolute Gasteiger partial charge is 0.370 e. The maximum atomic E-state index is 11.7. The summed E-state index contributed by atoms with van der Waals surface area (Å²) in [4.78, 5) is 11.7. The van der Waals surface area contributed by atoms with Crippen LogP contribution in [-0.4, -0.2) is 98.0 Å². The van der Waals surface area contributed by atoms with E-state index >= 15 is 0 Å². The lowest BCUT2D eigenvalue weighted by molar-refractivity contribution is -0.357. The van der Waals surface area contributed by atoms with Gasteiger partial charge >= 0.3 is 5.97 Å². The van der Waals surface area contributed by atoms with Crippen LogP contribution in [0.5, 0.6) is 0 Å². The Kier molecular flexibility index (Phi) is 11.0. The van der Waals surface area contributed by atoms with E-state index in [0.29, 0.717) is 6.42 Å². The first kappa shape index (κ1) is 27.9. The van der Waals surface area contributed by atoms with E-state index in [4.69, 9.17) is 18.9 Å². The topological polar surface area (TPSA) is 175 Å². The molecule has 0 radical (unpaired) electrons. The number of carbonyl (C=O) groups is 1. The number of allylic oxidation sites excluding steroid dienone is 1. The van der Waals surface area contributed by atoms with Gasteiger partial charge in [0.1, 0.15) is 30.5 Å². The molecule has 2 heterocycles. The summed E-state index contributed by atoms with van der Waals surface area (Å²) in [7, 11) is 0. The van der Waals surface area contributed by atoms with E-state index in [1.165, 1.54) is 19.9 Å². The third kappa shape index (κ3) is 7.33. The van der Waals surface area contributed by atoms with Crippen LogP contribution >= 0.6 is 0 Å². The molecule has 10 atom stereocenters. The summed E-state index contributed by atoms with van der Waals surface area (Å²) in [6, 6.07) is 0. The molecular weight excluding hydrogens is 440 g/mol. The zero-order valence-corrected chi connectivity index (χ0v) is 19.3. The van der Waals surface area contributed by atoms with Crippen molar-refractivity contribution in [1.29, 1.82) is 0 Å². The number of aliphatic hydroxyl groups is 5. The highest BCUT2D eigenvalue weighted by Crippen LogP contribution is 2.30. The number of aliphatic hydroxyl groups excluding tert-OH is 5. The highest BCUT2D eigenvalue weighted by Gasteiger charge is 2.50. The molecule has 2 rings (SSSR count). The molecule has 2 aliphatic rings. The number of carboxylic acids is 1. The van der Waals surface area contributed by atoms with Gasteiger partial charge in [-0.3, -0.25) is 0 Å². The summed E-state index contributed by atoms with van der Waals surface area (Å²) in [6.07, 6.45) is -6.89. The zero-order chi connectivity index (χ0) is 24.7. The monoisotopic (exact) mass is 478 g/mol. The molecule has 6 N–H and O–H groups in total. The van der Waals surface area contributed by atoms with Gasteiger partial charge in [-0.2, -0.15) is 0 Å². The Balaban J connectivity index is 2.13. The molecule has 0 aromatic carbocycles. The summed E-state index contributed by atoms with van der Waals surface area (Å²) in [5, 5.41) is 60.4. The van der Waals surface area contributed by atoms with E-state index in [2.05, 4.69) is 6.92 Å². The maximum Gasteiger partial charge on any atom is 0.370 e. The number of hydrogen-bond donors (Lipinski definition) is 6. The molecule has 2 aliphatic heterocycles. The van der Waals surface area contributed by atoms with Crippen molar-refractivity contribution in [2.45, 2.75) is 121 Å². The molecule has 33 heavy (non-hydrogen) atoms. The van der Waals surface area contributed by atoms with Crippen LogP contribution in [0.1, 0.15) is 59.3 Å². The van der Waals surface area contributed by atoms with E-state index in [9.17, 15) is 35.4 Å². The fourth-order valence-electron chi connectivity index (χ4n) is 3.81. The van der Waals surface area contributed by atoms with Gasteiger partial charge in [0.05, 0.1) is 12.2 Å². The quantitative estimate of drug-likeness (QED) is 0.134. The second-order valence-corrected chi connectivity index (χ2v) is 8.67. The minimum atomic E-state index is -1.67. The lowest BCUT2D eigenvalue weighted by Crippen LogP contribution is -2.63. The van der Waals surface area contributed by atoms with Crippen LogP contribution in [0.2, 0.25) is 0 Å². The van der Waals surface area contributed by atoms with Gasteiger partial charge in [0, 0.05) is 0 Å². The summed E-state index contributed by atoms with van der Waals surface area (Å²) in [5.41, 5.74) is 0. The number of unbranched alkanes of at least 4 members (excludes halogenated alkanes) is 5. The average molecular weight is 479 g/mol. The zero-order valence-electron chi connectivity index (χ0n) is 19.3. The second kappa shape index (κ2) is 13.0. The number of rotatable bonds is 11. The molecule has 2 saturated heterocycles. The Morgan fingerprint density at radius 3 is 2.00 bits per heavy atom. The van der Waals surface area contributed by atoms with Gasteiger partial charge in [0.15, 0.2) is 12.4 Å². The van der Waals surface area contributed by atoms with Crippen molar-refractivity contribution < 1.29 is 54.4 Å². The van der Waals surface area contributed by atoms with Gasteiger partial charge in [-0.05, 0) is 32.8 Å². The first-order valence-corrected chi connectivity index (χ1v) is 11.5. The van der Waals surface area contributed by atoms with Gasteiger partial charge in [0.25, 0.3) is 0 Å². The molecule has 0 bridgehead atoms. The average Bonchev–Trinajstić information content (AvgIpc) is 2.77. The summed E-state index contributed by atoms with van der Waals surface area (Å²) in [5.74, 6) is -1.73. The molecule has 11 nitrogen and oxygen atoms in total. The fourth-order valence-corrected chi connectivity index (χ4v) is 3.81. The Morgan fingerprint density at radius 1 is 0.818 bits per heavy atom. The molecule has 0 aromatic heterocycles. The molecule has 11 heteroatoms. The maximum absolute atomic E-state index is 11.7. The fraction of sp³-hybridized carbons (Fsp3) is 0.864. The van der Waals surface area contributed by atoms with E-state index in [0.717, 1.165) is 32.1 Å². The Morgan fingerprint density at radius 2 is 1.39 bits per heavy atom. The highest BCUT2D eigenvalue weighted by atomic mass is 16.8. The number of aliphatic carboxylic acids is 1. The lowest BCUT2D eigenvalue weighted by atomic mass is 9.98. The molecule has 0 aliphatic carbocycles. The Labute approximate surface area is 193 Å². The normalized spacial score (nSPS) is 39.9. The summed E-state index contributed by atoms with van der Waals surface area (Å²) in [6.45, 7) is 5.04. The molecule has 0 aromatic rings. The van der Waals surface area contributed by atoms with Crippen molar-refractivity contribution in [3.63, 3.8) is 0 Å². The van der Waals surface area contributed by atoms with Gasteiger partial charge in [-0.25, -0.2) is 4.79 Å². The predicted octanol–water partition coefficient (Wildman–Crippen LogP) is 0.0113. The third-order valence-electron chi connectivity index (χ3n) is 5.98. The molecule has 2 fully saturated rings. The Bertz CT molecular complexity index is 642. The van der Waals surface area contributed by atoms with Crippen LogP contribution in [0.15, 0.2) is 11.8 Å². The van der Waals surface area contributed by atoms with Gasteiger partial charge in [-0.1, -0.05) is 32.6 Å². The summed E-state index contributed by atoms with van der Waals surface area (Å²) >= 11 is 0. The SMILES string of the molecule is CCCCCCCC=C(O[C@H]1O[C@@H](C)[C@H](O)[C@@H](O)[C@H]1O[C@H]1O[C@@H](C)[C@@H](O)[C@H](O)[C@@H]1O)C(=O)O. The first-order valence-electron chi connectivity index (χ1n) is 11.5. The van der Waals surface area contributed by atoms with Crippen LogP contribution in [0.3, 0.4) is 0 Å². The van der Waals surface area contributed by atoms with E-state index in [-0.39, 0.29) is 0 Å².